The Morgan fingerprint density at radius 1 is 1.17 bits per heavy atom. The molecule has 0 radical (unpaired) electrons. The third kappa shape index (κ3) is 4.05. The Kier molecular flexibility index (Phi) is 5.68. The van der Waals surface area contributed by atoms with Crippen molar-refractivity contribution in [3.8, 4) is 0 Å². The predicted octanol–water partition coefficient (Wildman–Crippen LogP) is 2.10. The van der Waals surface area contributed by atoms with Crippen LogP contribution in [0.25, 0.3) is 0 Å². The molecule has 132 valence electrons. The average Bonchev–Trinajstić information content (AvgIpc) is 3.15. The number of furan rings is 1. The number of likely N-dealkylation sites (tertiary alicyclic amines) is 2. The lowest BCUT2D eigenvalue weighted by Crippen LogP contribution is -2.43. The first-order chi connectivity index (χ1) is 11.6. The van der Waals surface area contributed by atoms with Crippen LogP contribution in [-0.2, 0) is 9.59 Å². The minimum absolute atomic E-state index is 0.0537. The maximum atomic E-state index is 11.8. The summed E-state index contributed by atoms with van der Waals surface area (Å²) >= 11 is 0. The number of carbonyl (C=O) groups excluding carboxylic acids is 2. The van der Waals surface area contributed by atoms with Gasteiger partial charge >= 0.3 is 0 Å². The predicted molar refractivity (Wildman–Crippen MR) is 88.1 cm³/mol. The number of hydrogen-bond donors (Lipinski definition) is 1. The maximum Gasteiger partial charge on any atom is 0.229 e. The van der Waals surface area contributed by atoms with Crippen LogP contribution in [0, 0.1) is 0 Å². The molecule has 1 aromatic rings. The van der Waals surface area contributed by atoms with Crippen molar-refractivity contribution in [1.82, 2.24) is 9.80 Å². The number of amides is 2. The van der Waals surface area contributed by atoms with E-state index < -0.39 is 6.10 Å². The molecule has 0 aliphatic carbocycles. The van der Waals surface area contributed by atoms with Gasteiger partial charge in [0.05, 0.1) is 6.26 Å². The number of aliphatic hydroxyl groups excluding tert-OH is 1. The van der Waals surface area contributed by atoms with Gasteiger partial charge < -0.3 is 9.52 Å². The summed E-state index contributed by atoms with van der Waals surface area (Å²) in [4.78, 5) is 27.3. The average molecular weight is 334 g/mol. The maximum absolute atomic E-state index is 11.8. The Labute approximate surface area is 142 Å². The largest absolute Gasteiger partial charge is 0.467 e. The molecule has 2 amide bonds. The van der Waals surface area contributed by atoms with Gasteiger partial charge in [0.15, 0.2) is 0 Å². The van der Waals surface area contributed by atoms with Gasteiger partial charge in [-0.15, -0.1) is 0 Å². The zero-order valence-electron chi connectivity index (χ0n) is 14.0. The molecule has 3 rings (SSSR count). The molecule has 6 nitrogen and oxygen atoms in total. The summed E-state index contributed by atoms with van der Waals surface area (Å²) in [5.41, 5.74) is 0. The van der Waals surface area contributed by atoms with Crippen molar-refractivity contribution in [2.75, 3.05) is 19.6 Å². The minimum atomic E-state index is -0.611. The van der Waals surface area contributed by atoms with Gasteiger partial charge in [0, 0.05) is 32.0 Å². The van der Waals surface area contributed by atoms with Crippen molar-refractivity contribution in [3.63, 3.8) is 0 Å². The van der Waals surface area contributed by atoms with Gasteiger partial charge in [-0.1, -0.05) is 12.8 Å². The number of imide groups is 1. The molecule has 2 aliphatic heterocycles. The Hall–Kier alpha value is -1.66. The molecule has 2 fully saturated rings. The van der Waals surface area contributed by atoms with Gasteiger partial charge in [-0.05, 0) is 37.9 Å². The third-order valence-corrected chi connectivity index (χ3v) is 5.13. The molecule has 2 atom stereocenters. The molecule has 2 saturated heterocycles. The second kappa shape index (κ2) is 7.94. The second-order valence-electron chi connectivity index (χ2n) is 6.75. The quantitative estimate of drug-likeness (QED) is 0.807. The summed E-state index contributed by atoms with van der Waals surface area (Å²) in [6.07, 6.45) is 6.76. The molecule has 0 aromatic carbocycles. The van der Waals surface area contributed by atoms with Gasteiger partial charge in [0.1, 0.15) is 11.9 Å². The van der Waals surface area contributed by atoms with Crippen LogP contribution in [0.1, 0.15) is 56.8 Å². The third-order valence-electron chi connectivity index (χ3n) is 5.13. The highest BCUT2D eigenvalue weighted by molar-refractivity contribution is 6.01. The molecule has 0 saturated carbocycles. The smallest absolute Gasteiger partial charge is 0.229 e. The highest BCUT2D eigenvalue weighted by Crippen LogP contribution is 2.26. The van der Waals surface area contributed by atoms with Gasteiger partial charge in [-0.3, -0.25) is 19.4 Å². The topological polar surface area (TPSA) is 74.0 Å². The summed E-state index contributed by atoms with van der Waals surface area (Å²) in [6.45, 7) is 2.10. The van der Waals surface area contributed by atoms with Crippen molar-refractivity contribution >= 4 is 11.8 Å². The summed E-state index contributed by atoms with van der Waals surface area (Å²) in [6, 6.07) is 3.83. The molecule has 0 bridgehead atoms. The number of rotatable bonds is 6. The Morgan fingerprint density at radius 2 is 1.96 bits per heavy atom. The first-order valence-electron chi connectivity index (χ1n) is 8.94. The van der Waals surface area contributed by atoms with Crippen LogP contribution in [0.15, 0.2) is 22.8 Å². The number of carbonyl (C=O) groups is 2. The number of hydrogen-bond acceptors (Lipinski definition) is 5. The van der Waals surface area contributed by atoms with Gasteiger partial charge in [-0.2, -0.15) is 0 Å². The lowest BCUT2D eigenvalue weighted by Gasteiger charge is -2.32. The van der Waals surface area contributed by atoms with E-state index in [9.17, 15) is 14.7 Å². The highest BCUT2D eigenvalue weighted by Gasteiger charge is 2.30. The zero-order chi connectivity index (χ0) is 16.9. The van der Waals surface area contributed by atoms with Crippen LogP contribution >= 0.6 is 0 Å². The van der Waals surface area contributed by atoms with Crippen LogP contribution in [0.4, 0.5) is 0 Å². The molecule has 1 N–H and O–H groups in total. The fourth-order valence-electron chi connectivity index (χ4n) is 3.75. The van der Waals surface area contributed by atoms with Crippen molar-refractivity contribution in [1.29, 1.82) is 0 Å². The molecule has 0 spiro atoms. The standard InChI is InChI=1S/C18H26N2O4/c21-15(16-6-4-12-24-16)13-14-5-2-1-3-9-19(14)10-11-20-17(22)7-8-18(20)23/h4,6,12,14-15,21H,1-3,5,7-11,13H2/t14-,15-/m0/s1. The molecular weight excluding hydrogens is 308 g/mol. The van der Waals surface area contributed by atoms with Crippen LogP contribution in [0.5, 0.6) is 0 Å². The lowest BCUT2D eigenvalue weighted by molar-refractivity contribution is -0.138. The monoisotopic (exact) mass is 334 g/mol. The molecule has 3 heterocycles. The van der Waals surface area contributed by atoms with Crippen LogP contribution in [0.3, 0.4) is 0 Å². The van der Waals surface area contributed by atoms with Gasteiger partial charge in [0.25, 0.3) is 0 Å². The van der Waals surface area contributed by atoms with E-state index in [4.69, 9.17) is 4.42 Å². The molecule has 24 heavy (non-hydrogen) atoms. The summed E-state index contributed by atoms with van der Waals surface area (Å²) < 4.78 is 5.31. The van der Waals surface area contributed by atoms with Crippen LogP contribution < -0.4 is 0 Å². The van der Waals surface area contributed by atoms with E-state index in [0.29, 0.717) is 38.1 Å². The van der Waals surface area contributed by atoms with Gasteiger partial charge in [0.2, 0.25) is 11.8 Å². The fourth-order valence-corrected chi connectivity index (χ4v) is 3.75. The van der Waals surface area contributed by atoms with Crippen LogP contribution in [0.2, 0.25) is 0 Å². The van der Waals surface area contributed by atoms with E-state index in [0.717, 1.165) is 25.8 Å². The first kappa shape index (κ1) is 17.2. The van der Waals surface area contributed by atoms with Gasteiger partial charge in [-0.25, -0.2) is 0 Å². The van der Waals surface area contributed by atoms with Crippen molar-refractivity contribution in [2.45, 2.75) is 57.1 Å². The van der Waals surface area contributed by atoms with E-state index >= 15 is 0 Å². The molecule has 2 aliphatic rings. The normalized spacial score (nSPS) is 24.4. The van der Waals surface area contributed by atoms with E-state index in [1.807, 2.05) is 0 Å². The fraction of sp³-hybridized carbons (Fsp3) is 0.667. The molecule has 6 heteroatoms. The molecular formula is C18H26N2O4. The van der Waals surface area contributed by atoms with E-state index in [1.54, 1.807) is 18.4 Å². The zero-order valence-corrected chi connectivity index (χ0v) is 14.0. The van der Waals surface area contributed by atoms with Crippen molar-refractivity contribution < 1.29 is 19.1 Å². The SMILES string of the molecule is O=C1CCC(=O)N1CCN1CCCCC[C@H]1C[C@H](O)c1ccco1. The van der Waals surface area contributed by atoms with Crippen molar-refractivity contribution in [3.05, 3.63) is 24.2 Å². The summed E-state index contributed by atoms with van der Waals surface area (Å²) in [5, 5.41) is 10.4. The summed E-state index contributed by atoms with van der Waals surface area (Å²) in [7, 11) is 0. The second-order valence-corrected chi connectivity index (χ2v) is 6.75. The Bertz CT molecular complexity index is 541. The Balaban J connectivity index is 1.59. The van der Waals surface area contributed by atoms with Crippen LogP contribution in [-0.4, -0.2) is 52.4 Å². The highest BCUT2D eigenvalue weighted by atomic mass is 16.4. The van der Waals surface area contributed by atoms with E-state index in [-0.39, 0.29) is 17.9 Å². The number of nitrogens with zero attached hydrogens (tertiary/aromatic N) is 2. The molecule has 0 unspecified atom stereocenters. The first-order valence-corrected chi connectivity index (χ1v) is 8.94. The van der Waals surface area contributed by atoms with Crippen molar-refractivity contribution in [2.24, 2.45) is 0 Å². The number of aliphatic hydroxyl groups is 1. The van der Waals surface area contributed by atoms with E-state index in [2.05, 4.69) is 4.90 Å². The summed E-state index contributed by atoms with van der Waals surface area (Å²) in [5.74, 6) is 0.494. The lowest BCUT2D eigenvalue weighted by atomic mass is 10.0. The molecule has 1 aromatic heterocycles. The van der Waals surface area contributed by atoms with E-state index in [1.165, 1.54) is 11.3 Å². The Morgan fingerprint density at radius 3 is 2.67 bits per heavy atom. The minimum Gasteiger partial charge on any atom is -0.467 e.